The molecule has 0 bridgehead atoms. The topological polar surface area (TPSA) is 95.9 Å². The van der Waals surface area contributed by atoms with Crippen LogP contribution in [-0.4, -0.2) is 49.5 Å². The van der Waals surface area contributed by atoms with Gasteiger partial charge in [-0.15, -0.1) is 0 Å². The Morgan fingerprint density at radius 3 is 2.56 bits per heavy atom. The van der Waals surface area contributed by atoms with Crippen LogP contribution in [0.1, 0.15) is 0 Å². The van der Waals surface area contributed by atoms with Crippen LogP contribution < -0.4 is 10.1 Å². The normalized spacial score (nSPS) is 18.6. The van der Waals surface area contributed by atoms with E-state index in [1.807, 2.05) is 18.2 Å². The zero-order valence-corrected chi connectivity index (χ0v) is 14.1. The first kappa shape index (κ1) is 17.4. The fourth-order valence-electron chi connectivity index (χ4n) is 2.58. The van der Waals surface area contributed by atoms with Crippen LogP contribution in [-0.2, 0) is 14.8 Å². The number of carboxylic acids is 1. The molecule has 0 spiro atoms. The Morgan fingerprint density at radius 1 is 1.12 bits per heavy atom. The number of carbonyl (C=O) groups is 1. The third kappa shape index (κ3) is 3.98. The molecule has 132 valence electrons. The zero-order valence-electron chi connectivity index (χ0n) is 13.3. The van der Waals surface area contributed by atoms with Crippen molar-refractivity contribution in [2.45, 2.75) is 10.9 Å². The molecule has 3 rings (SSSR count). The minimum absolute atomic E-state index is 0.0759. The van der Waals surface area contributed by atoms with Crippen molar-refractivity contribution >= 4 is 16.0 Å². The maximum atomic E-state index is 12.8. The SMILES string of the molecule is O=C(O)C1CN(S(=O)(=O)c2cccc(Oc3ccccc3)c2)CCN1. The van der Waals surface area contributed by atoms with Crippen LogP contribution in [0.4, 0.5) is 0 Å². The molecular weight excluding hydrogens is 344 g/mol. The molecule has 7 nitrogen and oxygen atoms in total. The molecule has 1 unspecified atom stereocenters. The highest BCUT2D eigenvalue weighted by Gasteiger charge is 2.33. The lowest BCUT2D eigenvalue weighted by atomic mass is 10.2. The first-order chi connectivity index (χ1) is 12.0. The second-order valence-electron chi connectivity index (χ2n) is 5.60. The number of sulfonamides is 1. The Morgan fingerprint density at radius 2 is 1.84 bits per heavy atom. The highest BCUT2D eigenvalue weighted by atomic mass is 32.2. The summed E-state index contributed by atoms with van der Waals surface area (Å²) in [5.41, 5.74) is 0. The number of para-hydroxylation sites is 1. The van der Waals surface area contributed by atoms with E-state index in [0.717, 1.165) is 0 Å². The van der Waals surface area contributed by atoms with E-state index in [-0.39, 0.29) is 24.5 Å². The zero-order chi connectivity index (χ0) is 17.9. The van der Waals surface area contributed by atoms with Gasteiger partial charge >= 0.3 is 5.97 Å². The molecule has 1 atom stereocenters. The van der Waals surface area contributed by atoms with Gasteiger partial charge in [0, 0.05) is 25.7 Å². The van der Waals surface area contributed by atoms with E-state index in [4.69, 9.17) is 9.84 Å². The number of aliphatic carboxylic acids is 1. The molecule has 1 heterocycles. The monoisotopic (exact) mass is 362 g/mol. The molecule has 8 heteroatoms. The predicted octanol–water partition coefficient (Wildman–Crippen LogP) is 1.53. The summed E-state index contributed by atoms with van der Waals surface area (Å²) in [5, 5.41) is 11.9. The standard InChI is InChI=1S/C17H18N2O5S/c20-17(21)16-12-19(10-9-18-16)25(22,23)15-8-4-7-14(11-15)24-13-5-2-1-3-6-13/h1-8,11,16,18H,9-10,12H2,(H,20,21). The fraction of sp³-hybridized carbons (Fsp3) is 0.235. The number of hydrogen-bond donors (Lipinski definition) is 2. The molecule has 1 aliphatic heterocycles. The Bertz CT molecular complexity index is 854. The van der Waals surface area contributed by atoms with Crippen molar-refractivity contribution in [2.75, 3.05) is 19.6 Å². The molecule has 2 N–H and O–H groups in total. The van der Waals surface area contributed by atoms with Gasteiger partial charge in [-0.2, -0.15) is 4.31 Å². The van der Waals surface area contributed by atoms with Gasteiger partial charge in [0.05, 0.1) is 4.90 Å². The van der Waals surface area contributed by atoms with Crippen molar-refractivity contribution in [1.82, 2.24) is 9.62 Å². The third-order valence-electron chi connectivity index (χ3n) is 3.86. The van der Waals surface area contributed by atoms with Crippen molar-refractivity contribution in [3.05, 3.63) is 54.6 Å². The molecule has 25 heavy (non-hydrogen) atoms. The van der Waals surface area contributed by atoms with Gasteiger partial charge in [0.25, 0.3) is 0 Å². The van der Waals surface area contributed by atoms with Gasteiger partial charge in [0.2, 0.25) is 10.0 Å². The van der Waals surface area contributed by atoms with Gasteiger partial charge in [-0.3, -0.25) is 4.79 Å². The van der Waals surface area contributed by atoms with Crippen LogP contribution >= 0.6 is 0 Å². The van der Waals surface area contributed by atoms with Crippen LogP contribution in [0, 0.1) is 0 Å². The van der Waals surface area contributed by atoms with E-state index in [2.05, 4.69) is 5.32 Å². The van der Waals surface area contributed by atoms with Crippen molar-refractivity contribution in [2.24, 2.45) is 0 Å². The van der Waals surface area contributed by atoms with Gasteiger partial charge < -0.3 is 15.2 Å². The van der Waals surface area contributed by atoms with E-state index in [0.29, 0.717) is 11.5 Å². The molecule has 2 aromatic carbocycles. The summed E-state index contributed by atoms with van der Waals surface area (Å²) in [6.07, 6.45) is 0. The summed E-state index contributed by atoms with van der Waals surface area (Å²) >= 11 is 0. The van der Waals surface area contributed by atoms with Gasteiger partial charge in [0.15, 0.2) is 0 Å². The second kappa shape index (κ2) is 7.22. The number of nitrogens with zero attached hydrogens (tertiary/aromatic N) is 1. The Hall–Kier alpha value is -2.42. The number of hydrogen-bond acceptors (Lipinski definition) is 5. The highest BCUT2D eigenvalue weighted by molar-refractivity contribution is 7.89. The molecule has 0 aliphatic carbocycles. The molecule has 2 aromatic rings. The van der Waals surface area contributed by atoms with Gasteiger partial charge in [-0.05, 0) is 24.3 Å². The summed E-state index contributed by atoms with van der Waals surface area (Å²) in [4.78, 5) is 11.2. The predicted molar refractivity (Wildman–Crippen MR) is 91.1 cm³/mol. The van der Waals surface area contributed by atoms with E-state index < -0.39 is 22.0 Å². The summed E-state index contributed by atoms with van der Waals surface area (Å²) < 4.78 is 32.5. The van der Waals surface area contributed by atoms with Crippen molar-refractivity contribution in [1.29, 1.82) is 0 Å². The number of benzene rings is 2. The Balaban J connectivity index is 1.82. The molecule has 0 radical (unpaired) electrons. The first-order valence-electron chi connectivity index (χ1n) is 7.76. The quantitative estimate of drug-likeness (QED) is 0.837. The molecule has 1 saturated heterocycles. The number of ether oxygens (including phenoxy) is 1. The number of carboxylic acid groups (broad SMARTS) is 1. The largest absolute Gasteiger partial charge is 0.480 e. The Labute approximate surface area is 145 Å². The first-order valence-corrected chi connectivity index (χ1v) is 9.20. The van der Waals surface area contributed by atoms with Gasteiger partial charge in [-0.1, -0.05) is 24.3 Å². The smallest absolute Gasteiger partial charge is 0.322 e. The minimum Gasteiger partial charge on any atom is -0.480 e. The molecule has 0 saturated carbocycles. The average molecular weight is 362 g/mol. The van der Waals surface area contributed by atoms with Crippen LogP contribution in [0.5, 0.6) is 11.5 Å². The van der Waals surface area contributed by atoms with Crippen LogP contribution in [0.15, 0.2) is 59.5 Å². The lowest BCUT2D eigenvalue weighted by Crippen LogP contribution is -2.55. The Kier molecular flexibility index (Phi) is 5.03. The molecule has 1 fully saturated rings. The van der Waals surface area contributed by atoms with Gasteiger partial charge in [-0.25, -0.2) is 8.42 Å². The molecule has 0 amide bonds. The van der Waals surface area contributed by atoms with E-state index in [9.17, 15) is 13.2 Å². The minimum atomic E-state index is -3.79. The second-order valence-corrected chi connectivity index (χ2v) is 7.54. The summed E-state index contributed by atoms with van der Waals surface area (Å²) in [6, 6.07) is 14.3. The molecule has 0 aromatic heterocycles. The van der Waals surface area contributed by atoms with E-state index in [1.165, 1.54) is 16.4 Å². The fourth-order valence-corrected chi connectivity index (χ4v) is 4.07. The molecular formula is C17H18N2O5S. The molecule has 1 aliphatic rings. The number of rotatable bonds is 5. The highest BCUT2D eigenvalue weighted by Crippen LogP contribution is 2.25. The van der Waals surface area contributed by atoms with Crippen LogP contribution in [0.2, 0.25) is 0 Å². The van der Waals surface area contributed by atoms with E-state index in [1.54, 1.807) is 24.3 Å². The summed E-state index contributed by atoms with van der Waals surface area (Å²) in [6.45, 7) is 0.397. The third-order valence-corrected chi connectivity index (χ3v) is 5.72. The van der Waals surface area contributed by atoms with Gasteiger partial charge in [0.1, 0.15) is 17.5 Å². The number of piperazine rings is 1. The van der Waals surface area contributed by atoms with Crippen LogP contribution in [0.3, 0.4) is 0 Å². The van der Waals surface area contributed by atoms with Crippen molar-refractivity contribution in [3.63, 3.8) is 0 Å². The average Bonchev–Trinajstić information content (AvgIpc) is 2.63. The van der Waals surface area contributed by atoms with Crippen LogP contribution in [0.25, 0.3) is 0 Å². The summed E-state index contributed by atoms with van der Waals surface area (Å²) in [5.74, 6) is -0.0663. The maximum absolute atomic E-state index is 12.8. The summed E-state index contributed by atoms with van der Waals surface area (Å²) in [7, 11) is -3.79. The van der Waals surface area contributed by atoms with Crippen molar-refractivity contribution < 1.29 is 23.1 Å². The lowest BCUT2D eigenvalue weighted by molar-refractivity contribution is -0.140. The van der Waals surface area contributed by atoms with Crippen molar-refractivity contribution in [3.8, 4) is 11.5 Å². The lowest BCUT2D eigenvalue weighted by Gasteiger charge is -2.30. The number of nitrogens with one attached hydrogen (secondary N) is 1. The van der Waals surface area contributed by atoms with E-state index >= 15 is 0 Å². The maximum Gasteiger partial charge on any atom is 0.322 e.